The maximum atomic E-state index is 13.2. The summed E-state index contributed by atoms with van der Waals surface area (Å²) in [6.07, 6.45) is 2.54. The summed E-state index contributed by atoms with van der Waals surface area (Å²) in [5, 5.41) is 0. The molecule has 162 valence electrons. The molecule has 0 amide bonds. The molecule has 0 N–H and O–H groups in total. The second kappa shape index (κ2) is 6.79. The van der Waals surface area contributed by atoms with Gasteiger partial charge < -0.3 is 14.2 Å². The fourth-order valence-corrected chi connectivity index (χ4v) is 7.03. The first-order chi connectivity index (χ1) is 13.6. The van der Waals surface area contributed by atoms with Crippen LogP contribution in [0.5, 0.6) is 0 Å². The molecule has 4 fully saturated rings. The molecule has 0 unspecified atom stereocenters. The number of fused-ring (bicyclic) bond motifs is 4. The molecule has 3 saturated carbocycles. The molecule has 6 nitrogen and oxygen atoms in total. The summed E-state index contributed by atoms with van der Waals surface area (Å²) in [7, 11) is 1.31. The molecule has 0 radical (unpaired) electrons. The first-order valence-corrected chi connectivity index (χ1v) is 11.0. The molecule has 0 aromatic rings. The van der Waals surface area contributed by atoms with Gasteiger partial charge in [0.25, 0.3) is 0 Å². The molecule has 4 aliphatic rings. The summed E-state index contributed by atoms with van der Waals surface area (Å²) in [6, 6.07) is 0. The van der Waals surface area contributed by atoms with Gasteiger partial charge in [-0.1, -0.05) is 41.0 Å². The van der Waals surface area contributed by atoms with Crippen LogP contribution in [0.2, 0.25) is 0 Å². The van der Waals surface area contributed by atoms with Crippen LogP contribution in [0.1, 0.15) is 60.3 Å². The smallest absolute Gasteiger partial charge is 0.320 e. The number of carbonyl (C=O) groups is 3. The quantitative estimate of drug-likeness (QED) is 0.526. The van der Waals surface area contributed by atoms with E-state index in [-0.39, 0.29) is 30.2 Å². The van der Waals surface area contributed by atoms with E-state index >= 15 is 0 Å². The van der Waals surface area contributed by atoms with Crippen LogP contribution in [0.3, 0.4) is 0 Å². The van der Waals surface area contributed by atoms with Crippen LogP contribution < -0.4 is 0 Å². The fourth-order valence-electron chi connectivity index (χ4n) is 7.03. The number of cyclic esters (lactones) is 1. The molecule has 6 heteroatoms. The third-order valence-electron chi connectivity index (χ3n) is 8.27. The molecule has 8 atom stereocenters. The van der Waals surface area contributed by atoms with Gasteiger partial charge in [0.1, 0.15) is 5.41 Å². The zero-order valence-corrected chi connectivity index (χ0v) is 18.4. The van der Waals surface area contributed by atoms with E-state index in [0.717, 1.165) is 12.8 Å². The van der Waals surface area contributed by atoms with Gasteiger partial charge in [0, 0.05) is 12.3 Å². The molecule has 4 rings (SSSR count). The highest BCUT2D eigenvalue weighted by Gasteiger charge is 2.84. The number of hydrogen-bond acceptors (Lipinski definition) is 6. The van der Waals surface area contributed by atoms with Crippen molar-refractivity contribution in [3.63, 3.8) is 0 Å². The normalized spacial score (nSPS) is 45.4. The molecule has 29 heavy (non-hydrogen) atoms. The summed E-state index contributed by atoms with van der Waals surface area (Å²) < 4.78 is 17.2. The van der Waals surface area contributed by atoms with Crippen molar-refractivity contribution in [3.05, 3.63) is 0 Å². The minimum atomic E-state index is -1.31. The molecule has 1 aliphatic heterocycles. The van der Waals surface area contributed by atoms with Gasteiger partial charge in [-0.05, 0) is 36.0 Å². The standard InChI is InChI=1S/C23H34O6/c1-11(2)13-8-7-12(3)9-14(13)28-20-17-16(19(25)29-20)18-22(4,5)10-15(24)23(17,18)21(26)27-6/h11-14,16-18,20H,7-10H2,1-6H3/t12-,13+,14-,16+,17+,18+,20-,23-/m1/s1. The van der Waals surface area contributed by atoms with Gasteiger partial charge >= 0.3 is 11.9 Å². The zero-order valence-electron chi connectivity index (χ0n) is 18.4. The lowest BCUT2D eigenvalue weighted by Gasteiger charge is -2.54. The summed E-state index contributed by atoms with van der Waals surface area (Å²) in [4.78, 5) is 38.9. The number of ketones is 1. The van der Waals surface area contributed by atoms with Gasteiger partial charge in [-0.2, -0.15) is 0 Å². The Kier molecular flexibility index (Phi) is 4.88. The third kappa shape index (κ3) is 2.74. The van der Waals surface area contributed by atoms with Gasteiger partial charge in [-0.15, -0.1) is 0 Å². The lowest BCUT2D eigenvalue weighted by atomic mass is 9.44. The largest absolute Gasteiger partial charge is 0.468 e. The minimum absolute atomic E-state index is 0.0337. The van der Waals surface area contributed by atoms with Crippen molar-refractivity contribution in [2.24, 2.45) is 46.3 Å². The lowest BCUT2D eigenvalue weighted by molar-refractivity contribution is -0.233. The molecule has 1 heterocycles. The van der Waals surface area contributed by atoms with E-state index in [1.54, 1.807) is 0 Å². The molecule has 0 spiro atoms. The third-order valence-corrected chi connectivity index (χ3v) is 8.27. The Labute approximate surface area is 173 Å². The number of Topliss-reactive ketones (excluding diaryl/α,β-unsaturated/α-hetero) is 1. The highest BCUT2D eigenvalue weighted by molar-refractivity contribution is 6.10. The van der Waals surface area contributed by atoms with Crippen molar-refractivity contribution in [3.8, 4) is 0 Å². The molecule has 0 aromatic carbocycles. The van der Waals surface area contributed by atoms with E-state index in [1.165, 1.54) is 13.5 Å². The van der Waals surface area contributed by atoms with E-state index < -0.39 is 34.9 Å². The summed E-state index contributed by atoms with van der Waals surface area (Å²) in [5.74, 6) is -1.07. The maximum Gasteiger partial charge on any atom is 0.320 e. The van der Waals surface area contributed by atoms with E-state index in [9.17, 15) is 14.4 Å². The summed E-state index contributed by atoms with van der Waals surface area (Å²) in [6.45, 7) is 10.5. The predicted molar refractivity (Wildman–Crippen MR) is 104 cm³/mol. The van der Waals surface area contributed by atoms with Gasteiger partial charge in [-0.25, -0.2) is 0 Å². The number of methoxy groups -OCH3 is 1. The first-order valence-electron chi connectivity index (χ1n) is 11.0. The van der Waals surface area contributed by atoms with Crippen LogP contribution in [0.15, 0.2) is 0 Å². The average molecular weight is 407 g/mol. The van der Waals surface area contributed by atoms with Crippen molar-refractivity contribution >= 4 is 17.7 Å². The van der Waals surface area contributed by atoms with Crippen LogP contribution in [0.4, 0.5) is 0 Å². The zero-order chi connectivity index (χ0) is 21.3. The van der Waals surface area contributed by atoms with Crippen molar-refractivity contribution in [1.82, 2.24) is 0 Å². The average Bonchev–Trinajstić information content (AvgIpc) is 2.93. The van der Waals surface area contributed by atoms with Crippen molar-refractivity contribution in [2.75, 3.05) is 7.11 Å². The Morgan fingerprint density at radius 1 is 1.21 bits per heavy atom. The molecule has 0 aromatic heterocycles. The van der Waals surface area contributed by atoms with E-state index in [4.69, 9.17) is 14.2 Å². The van der Waals surface area contributed by atoms with Crippen molar-refractivity contribution in [1.29, 1.82) is 0 Å². The Morgan fingerprint density at radius 2 is 1.90 bits per heavy atom. The first kappa shape index (κ1) is 20.8. The topological polar surface area (TPSA) is 78.9 Å². The van der Waals surface area contributed by atoms with Crippen molar-refractivity contribution < 1.29 is 28.6 Å². The Balaban J connectivity index is 1.66. The van der Waals surface area contributed by atoms with Crippen LogP contribution >= 0.6 is 0 Å². The Hall–Kier alpha value is -1.43. The molecular formula is C23H34O6. The number of rotatable bonds is 4. The highest BCUT2D eigenvalue weighted by Crippen LogP contribution is 2.72. The van der Waals surface area contributed by atoms with E-state index in [2.05, 4.69) is 20.8 Å². The molecule has 1 saturated heterocycles. The number of ether oxygens (including phenoxy) is 3. The summed E-state index contributed by atoms with van der Waals surface area (Å²) in [5.41, 5.74) is -1.76. The van der Waals surface area contributed by atoms with Crippen LogP contribution in [0.25, 0.3) is 0 Å². The van der Waals surface area contributed by atoms with Gasteiger partial charge in [0.15, 0.2) is 5.78 Å². The van der Waals surface area contributed by atoms with Gasteiger partial charge in [0.05, 0.1) is 25.0 Å². The second-order valence-corrected chi connectivity index (χ2v) is 10.8. The number of esters is 2. The molecule has 3 aliphatic carbocycles. The van der Waals surface area contributed by atoms with Crippen LogP contribution in [0, 0.1) is 46.3 Å². The maximum absolute atomic E-state index is 13.2. The fraction of sp³-hybridized carbons (Fsp3) is 0.870. The number of hydrogen-bond donors (Lipinski definition) is 0. The lowest BCUT2D eigenvalue weighted by Crippen LogP contribution is -2.66. The van der Waals surface area contributed by atoms with E-state index in [1.807, 2.05) is 13.8 Å². The minimum Gasteiger partial charge on any atom is -0.468 e. The van der Waals surface area contributed by atoms with Crippen molar-refractivity contribution in [2.45, 2.75) is 72.7 Å². The highest BCUT2D eigenvalue weighted by atomic mass is 16.7. The second-order valence-electron chi connectivity index (χ2n) is 10.8. The molecule has 0 bridgehead atoms. The summed E-state index contributed by atoms with van der Waals surface area (Å²) >= 11 is 0. The van der Waals surface area contributed by atoms with Gasteiger partial charge in [0.2, 0.25) is 6.29 Å². The Bertz CT molecular complexity index is 727. The number of carbonyl (C=O) groups excluding carboxylic acids is 3. The van der Waals surface area contributed by atoms with Crippen LogP contribution in [-0.2, 0) is 28.6 Å². The molecular weight excluding hydrogens is 372 g/mol. The predicted octanol–water partition coefficient (Wildman–Crippen LogP) is 3.37. The van der Waals surface area contributed by atoms with Gasteiger partial charge in [-0.3, -0.25) is 14.4 Å². The SMILES string of the molecule is COC(=O)[C@@]12C(=O)CC(C)(C)[C@@H]1[C@H]1C(=O)O[C@@H](O[C@@H]3C[C@H](C)CC[C@H]3C(C)C)[C@H]12. The monoisotopic (exact) mass is 406 g/mol. The van der Waals surface area contributed by atoms with Crippen LogP contribution in [-0.4, -0.2) is 37.2 Å². The Morgan fingerprint density at radius 3 is 2.52 bits per heavy atom. The van der Waals surface area contributed by atoms with E-state index in [0.29, 0.717) is 17.8 Å².